The van der Waals surface area contributed by atoms with Crippen LogP contribution in [0, 0.1) is 6.92 Å². The summed E-state index contributed by atoms with van der Waals surface area (Å²) < 4.78 is 4.73. The van der Waals surface area contributed by atoms with E-state index in [4.69, 9.17) is 4.98 Å². The van der Waals surface area contributed by atoms with Gasteiger partial charge in [-0.3, -0.25) is 4.57 Å². The molecule has 1 aliphatic heterocycles. The van der Waals surface area contributed by atoms with Crippen LogP contribution in [-0.4, -0.2) is 32.4 Å². The second kappa shape index (κ2) is 5.94. The van der Waals surface area contributed by atoms with Gasteiger partial charge in [0.2, 0.25) is 0 Å². The minimum absolute atomic E-state index is 0.0478. The highest BCUT2D eigenvalue weighted by Gasteiger charge is 2.33. The lowest BCUT2D eigenvalue weighted by Crippen LogP contribution is -2.34. The highest BCUT2D eigenvalue weighted by molar-refractivity contribution is 7.22. The molecule has 0 N–H and O–H groups in total. The highest BCUT2D eigenvalue weighted by Crippen LogP contribution is 2.38. The average molecular weight is 369 g/mol. The summed E-state index contributed by atoms with van der Waals surface area (Å²) in [5.41, 5.74) is 2.41. The summed E-state index contributed by atoms with van der Waals surface area (Å²) in [6, 6.07) is 6.76. The van der Waals surface area contributed by atoms with Crippen molar-refractivity contribution in [2.45, 2.75) is 44.6 Å². The molecule has 2 aromatic heterocycles. The number of aryl methyl sites for hydroxylation is 2. The van der Waals surface area contributed by atoms with Crippen molar-refractivity contribution in [3.8, 4) is 0 Å². The van der Waals surface area contributed by atoms with E-state index >= 15 is 0 Å². The molecule has 0 unspecified atom stereocenters. The van der Waals surface area contributed by atoms with Crippen molar-refractivity contribution < 1.29 is 0 Å². The van der Waals surface area contributed by atoms with E-state index in [-0.39, 0.29) is 5.69 Å². The van der Waals surface area contributed by atoms with E-state index in [1.54, 1.807) is 18.4 Å². The number of nitrogens with zero attached hydrogens (tertiary/aromatic N) is 5. The lowest BCUT2D eigenvalue weighted by molar-refractivity contribution is 0.462. The Hall–Kier alpha value is -2.15. The van der Waals surface area contributed by atoms with Gasteiger partial charge in [0.15, 0.2) is 5.13 Å². The number of hydrogen-bond donors (Lipinski definition) is 0. The van der Waals surface area contributed by atoms with Gasteiger partial charge in [-0.25, -0.2) is 14.5 Å². The van der Waals surface area contributed by atoms with E-state index in [1.165, 1.54) is 14.9 Å². The third-order valence-corrected chi connectivity index (χ3v) is 6.72. The summed E-state index contributed by atoms with van der Waals surface area (Å²) >= 11 is 1.78. The van der Waals surface area contributed by atoms with E-state index < -0.39 is 0 Å². The predicted molar refractivity (Wildman–Crippen MR) is 104 cm³/mol. The molecule has 3 aromatic rings. The van der Waals surface area contributed by atoms with Gasteiger partial charge in [0.25, 0.3) is 0 Å². The average Bonchev–Trinajstić information content (AvgIpc) is 3.30. The maximum Gasteiger partial charge on any atom is 0.345 e. The van der Waals surface area contributed by atoms with E-state index in [9.17, 15) is 4.79 Å². The first-order chi connectivity index (χ1) is 12.6. The molecule has 26 heavy (non-hydrogen) atoms. The molecule has 1 saturated carbocycles. The molecule has 0 atom stereocenters. The molecule has 136 valence electrons. The number of piperidine rings is 1. The van der Waals surface area contributed by atoms with Gasteiger partial charge in [-0.05, 0) is 44.2 Å². The van der Waals surface area contributed by atoms with Gasteiger partial charge in [0, 0.05) is 32.1 Å². The van der Waals surface area contributed by atoms with Gasteiger partial charge >= 0.3 is 5.69 Å². The van der Waals surface area contributed by atoms with Crippen molar-refractivity contribution >= 4 is 26.7 Å². The molecule has 1 aromatic carbocycles. The van der Waals surface area contributed by atoms with E-state index in [2.05, 4.69) is 35.1 Å². The lowest BCUT2D eigenvalue weighted by Gasteiger charge is -2.31. The van der Waals surface area contributed by atoms with Crippen LogP contribution in [0.3, 0.4) is 0 Å². The van der Waals surface area contributed by atoms with Crippen molar-refractivity contribution in [1.82, 2.24) is 19.3 Å². The first-order valence-electron chi connectivity index (χ1n) is 9.38. The van der Waals surface area contributed by atoms with Gasteiger partial charge < -0.3 is 4.90 Å². The molecule has 5 rings (SSSR count). The summed E-state index contributed by atoms with van der Waals surface area (Å²) in [6.45, 7) is 4.06. The van der Waals surface area contributed by atoms with E-state index in [1.807, 2.05) is 4.57 Å². The molecule has 7 heteroatoms. The second-order valence-electron chi connectivity index (χ2n) is 7.54. The largest absolute Gasteiger partial charge is 0.348 e. The zero-order valence-electron chi connectivity index (χ0n) is 15.2. The normalized spacial score (nSPS) is 18.8. The second-order valence-corrected chi connectivity index (χ2v) is 8.55. The fourth-order valence-electron chi connectivity index (χ4n) is 3.99. The molecule has 0 amide bonds. The highest BCUT2D eigenvalue weighted by atomic mass is 32.1. The minimum atomic E-state index is 0.0478. The van der Waals surface area contributed by atoms with Crippen LogP contribution >= 0.6 is 11.3 Å². The van der Waals surface area contributed by atoms with Crippen LogP contribution in [0.1, 0.15) is 49.0 Å². The number of fused-ring (bicyclic) bond motifs is 1. The van der Waals surface area contributed by atoms with Crippen LogP contribution in [0.25, 0.3) is 10.2 Å². The number of para-hydroxylation sites is 1. The minimum Gasteiger partial charge on any atom is -0.348 e. The Morgan fingerprint density at radius 2 is 1.92 bits per heavy atom. The Kier molecular flexibility index (Phi) is 3.67. The predicted octanol–water partition coefficient (Wildman–Crippen LogP) is 3.22. The third kappa shape index (κ3) is 2.57. The van der Waals surface area contributed by atoms with Crippen molar-refractivity contribution in [1.29, 1.82) is 0 Å². The standard InChI is InChI=1S/C19H23N5OS/c1-12-4-3-5-15-16(12)20-18(26-15)23-10-8-13(9-11-23)17-21-22(2)19(25)24(17)14-6-7-14/h3-5,13-14H,6-11H2,1-2H3. The number of aromatic nitrogens is 4. The molecule has 1 saturated heterocycles. The number of hydrogen-bond acceptors (Lipinski definition) is 5. The zero-order chi connectivity index (χ0) is 17.8. The maximum atomic E-state index is 12.4. The molecule has 2 aliphatic rings. The van der Waals surface area contributed by atoms with Crippen LogP contribution in [0.5, 0.6) is 0 Å². The summed E-state index contributed by atoms with van der Waals surface area (Å²) in [5.74, 6) is 1.37. The van der Waals surface area contributed by atoms with Gasteiger partial charge in [0.1, 0.15) is 5.82 Å². The van der Waals surface area contributed by atoms with Crippen molar-refractivity contribution in [2.24, 2.45) is 7.05 Å². The monoisotopic (exact) mass is 369 g/mol. The topological polar surface area (TPSA) is 56.0 Å². The van der Waals surface area contributed by atoms with Gasteiger partial charge in [-0.15, -0.1) is 0 Å². The third-order valence-electron chi connectivity index (χ3n) is 5.63. The van der Waals surface area contributed by atoms with Crippen molar-refractivity contribution in [2.75, 3.05) is 18.0 Å². The molecule has 1 aliphatic carbocycles. The quantitative estimate of drug-likeness (QED) is 0.711. The first kappa shape index (κ1) is 16.1. The van der Waals surface area contributed by atoms with Gasteiger partial charge in [-0.2, -0.15) is 5.10 Å². The maximum absolute atomic E-state index is 12.4. The summed E-state index contributed by atoms with van der Waals surface area (Å²) in [7, 11) is 1.77. The van der Waals surface area contributed by atoms with E-state index in [0.717, 1.165) is 55.2 Å². The Labute approximate surface area is 156 Å². The molecule has 3 heterocycles. The molecule has 0 bridgehead atoms. The van der Waals surface area contributed by atoms with Crippen molar-refractivity contribution in [3.63, 3.8) is 0 Å². The van der Waals surface area contributed by atoms with Crippen LogP contribution in [-0.2, 0) is 7.05 Å². The number of thiazole rings is 1. The smallest absolute Gasteiger partial charge is 0.345 e. The Balaban J connectivity index is 1.37. The van der Waals surface area contributed by atoms with Crippen LogP contribution in [0.4, 0.5) is 5.13 Å². The van der Waals surface area contributed by atoms with Crippen LogP contribution < -0.4 is 10.6 Å². The molecular weight excluding hydrogens is 346 g/mol. The Morgan fingerprint density at radius 1 is 1.15 bits per heavy atom. The number of rotatable bonds is 3. The summed E-state index contributed by atoms with van der Waals surface area (Å²) in [6.07, 6.45) is 4.28. The van der Waals surface area contributed by atoms with Crippen molar-refractivity contribution in [3.05, 3.63) is 40.1 Å². The van der Waals surface area contributed by atoms with Crippen LogP contribution in [0.15, 0.2) is 23.0 Å². The van der Waals surface area contributed by atoms with Gasteiger partial charge in [-0.1, -0.05) is 23.5 Å². The zero-order valence-corrected chi connectivity index (χ0v) is 16.0. The SMILES string of the molecule is Cc1cccc2sc(N3CCC(c4nn(C)c(=O)n4C4CC4)CC3)nc12. The number of benzene rings is 1. The molecule has 0 radical (unpaired) electrons. The Morgan fingerprint density at radius 3 is 2.62 bits per heavy atom. The number of anilines is 1. The summed E-state index contributed by atoms with van der Waals surface area (Å²) in [5, 5.41) is 5.69. The lowest BCUT2D eigenvalue weighted by atomic mass is 9.96. The molecule has 2 fully saturated rings. The fraction of sp³-hybridized carbons (Fsp3) is 0.526. The Bertz CT molecular complexity index is 1020. The summed E-state index contributed by atoms with van der Waals surface area (Å²) in [4.78, 5) is 19.6. The van der Waals surface area contributed by atoms with Gasteiger partial charge in [0.05, 0.1) is 10.2 Å². The molecule has 6 nitrogen and oxygen atoms in total. The molecular formula is C19H23N5OS. The fourth-order valence-corrected chi connectivity index (χ4v) is 5.09. The van der Waals surface area contributed by atoms with Crippen LogP contribution in [0.2, 0.25) is 0 Å². The van der Waals surface area contributed by atoms with E-state index in [0.29, 0.717) is 12.0 Å². The molecule has 0 spiro atoms. The first-order valence-corrected chi connectivity index (χ1v) is 10.2.